The second-order valence-electron chi connectivity index (χ2n) is 5.33. The Morgan fingerprint density at radius 3 is 2.71 bits per heavy atom. The number of benzene rings is 1. The Labute approximate surface area is 146 Å². The van der Waals surface area contributed by atoms with Crippen LogP contribution in [0.1, 0.15) is 17.4 Å². The van der Waals surface area contributed by atoms with Crippen LogP contribution < -0.4 is 5.32 Å². The van der Waals surface area contributed by atoms with Crippen molar-refractivity contribution in [1.29, 1.82) is 0 Å². The number of amides is 1. The Balaban J connectivity index is 2.41. The highest BCUT2D eigenvalue weighted by molar-refractivity contribution is 7.89. The summed E-state index contributed by atoms with van der Waals surface area (Å²) in [5.41, 5.74) is 1.09. The maximum atomic E-state index is 13.1. The van der Waals surface area contributed by atoms with Crippen LogP contribution >= 0.6 is 11.3 Å². The van der Waals surface area contributed by atoms with Gasteiger partial charge in [-0.05, 0) is 36.1 Å². The smallest absolute Gasteiger partial charge is 0.244 e. The molecule has 0 saturated carbocycles. The van der Waals surface area contributed by atoms with Crippen molar-refractivity contribution in [3.05, 3.63) is 58.8 Å². The molecule has 1 aromatic heterocycles. The average Bonchev–Trinajstić information content (AvgIpc) is 3.01. The fraction of sp³-hybridized carbons (Fsp3) is 0.235. The summed E-state index contributed by atoms with van der Waals surface area (Å²) in [6, 6.07) is 8.66. The lowest BCUT2D eigenvalue weighted by Gasteiger charge is -2.21. The van der Waals surface area contributed by atoms with Gasteiger partial charge in [-0.25, -0.2) is 8.42 Å². The molecule has 0 unspecified atom stereocenters. The first kappa shape index (κ1) is 18.4. The summed E-state index contributed by atoms with van der Waals surface area (Å²) in [5.74, 6) is -0.247. The van der Waals surface area contributed by atoms with E-state index in [2.05, 4.69) is 11.9 Å². The van der Waals surface area contributed by atoms with Crippen molar-refractivity contribution in [3.63, 3.8) is 0 Å². The molecular formula is C17H20N2O3S2. The van der Waals surface area contributed by atoms with Crippen LogP contribution in [0.5, 0.6) is 0 Å². The normalized spacial score (nSPS) is 11.5. The minimum absolute atomic E-state index is 0.187. The number of hydrogen-bond acceptors (Lipinski definition) is 4. The van der Waals surface area contributed by atoms with Crippen molar-refractivity contribution in [1.82, 2.24) is 4.31 Å². The third kappa shape index (κ3) is 4.31. The first-order valence-corrected chi connectivity index (χ1v) is 9.68. The molecule has 2 rings (SSSR count). The Kier molecular flexibility index (Phi) is 5.93. The van der Waals surface area contributed by atoms with Crippen molar-refractivity contribution in [2.45, 2.75) is 25.3 Å². The molecule has 0 saturated heterocycles. The number of sulfonamides is 1. The predicted octanol–water partition coefficient (Wildman–Crippen LogP) is 3.39. The van der Waals surface area contributed by atoms with Gasteiger partial charge in [0.2, 0.25) is 15.9 Å². The summed E-state index contributed by atoms with van der Waals surface area (Å²) in [7, 11) is -3.71. The van der Waals surface area contributed by atoms with Crippen LogP contribution in [0, 0.1) is 6.92 Å². The molecule has 128 valence electrons. The molecule has 1 aromatic carbocycles. The van der Waals surface area contributed by atoms with Crippen molar-refractivity contribution in [2.24, 2.45) is 0 Å². The minimum atomic E-state index is -3.71. The molecule has 1 N–H and O–H groups in total. The molecular weight excluding hydrogens is 344 g/mol. The number of carbonyl (C=O) groups excluding carboxylic acids is 1. The molecule has 0 aliphatic carbocycles. The van der Waals surface area contributed by atoms with Crippen LogP contribution in [0.3, 0.4) is 0 Å². The molecule has 0 aliphatic heterocycles. The molecule has 0 radical (unpaired) electrons. The molecule has 5 nitrogen and oxygen atoms in total. The number of anilines is 1. The Morgan fingerprint density at radius 1 is 1.38 bits per heavy atom. The van der Waals surface area contributed by atoms with Crippen molar-refractivity contribution >= 4 is 33.0 Å². The number of hydrogen-bond donors (Lipinski definition) is 1. The van der Waals surface area contributed by atoms with Gasteiger partial charge < -0.3 is 5.32 Å². The van der Waals surface area contributed by atoms with Gasteiger partial charge in [-0.15, -0.1) is 17.9 Å². The summed E-state index contributed by atoms with van der Waals surface area (Å²) in [6.07, 6.45) is 1.57. The van der Waals surface area contributed by atoms with Gasteiger partial charge in [0, 0.05) is 30.6 Å². The maximum Gasteiger partial charge on any atom is 0.244 e. The third-order valence-electron chi connectivity index (χ3n) is 3.37. The first-order chi connectivity index (χ1) is 11.3. The largest absolute Gasteiger partial charge is 0.326 e. The second kappa shape index (κ2) is 7.74. The molecule has 1 amide bonds. The van der Waals surface area contributed by atoms with Crippen LogP contribution in [-0.4, -0.2) is 25.2 Å². The van der Waals surface area contributed by atoms with E-state index >= 15 is 0 Å². The molecule has 0 fully saturated rings. The third-order valence-corrected chi connectivity index (χ3v) is 6.19. The van der Waals surface area contributed by atoms with Gasteiger partial charge in [-0.1, -0.05) is 18.2 Å². The fourth-order valence-electron chi connectivity index (χ4n) is 2.27. The van der Waals surface area contributed by atoms with E-state index in [1.165, 1.54) is 28.6 Å². The van der Waals surface area contributed by atoms with Crippen LogP contribution in [-0.2, 0) is 21.4 Å². The van der Waals surface area contributed by atoms with Crippen LogP contribution in [0.15, 0.2) is 53.3 Å². The lowest BCUT2D eigenvalue weighted by Crippen LogP contribution is -2.31. The lowest BCUT2D eigenvalue weighted by molar-refractivity contribution is -0.114. The number of carbonyl (C=O) groups is 1. The monoisotopic (exact) mass is 364 g/mol. The Hall–Kier alpha value is -1.96. The molecule has 0 bridgehead atoms. The average molecular weight is 364 g/mol. The van der Waals surface area contributed by atoms with Gasteiger partial charge in [-0.3, -0.25) is 4.79 Å². The molecule has 24 heavy (non-hydrogen) atoms. The van der Waals surface area contributed by atoms with Crippen molar-refractivity contribution in [2.75, 3.05) is 11.9 Å². The van der Waals surface area contributed by atoms with E-state index in [-0.39, 0.29) is 23.9 Å². The molecule has 0 spiro atoms. The van der Waals surface area contributed by atoms with E-state index < -0.39 is 10.0 Å². The maximum absolute atomic E-state index is 13.1. The predicted molar refractivity (Wildman–Crippen MR) is 97.6 cm³/mol. The summed E-state index contributed by atoms with van der Waals surface area (Å²) in [5, 5.41) is 4.53. The first-order valence-electron chi connectivity index (χ1n) is 7.36. The lowest BCUT2D eigenvalue weighted by atomic mass is 10.2. The van der Waals surface area contributed by atoms with Gasteiger partial charge in [0.15, 0.2) is 0 Å². The fourth-order valence-corrected chi connectivity index (χ4v) is 4.71. The topological polar surface area (TPSA) is 66.5 Å². The highest BCUT2D eigenvalue weighted by Crippen LogP contribution is 2.25. The number of nitrogens with one attached hydrogen (secondary N) is 1. The Morgan fingerprint density at radius 2 is 2.12 bits per heavy atom. The highest BCUT2D eigenvalue weighted by atomic mass is 32.2. The summed E-state index contributed by atoms with van der Waals surface area (Å²) in [6.45, 7) is 7.28. The number of thiophene rings is 1. The second-order valence-corrected chi connectivity index (χ2v) is 8.27. The number of nitrogens with zero attached hydrogens (tertiary/aromatic N) is 1. The van der Waals surface area contributed by atoms with Crippen molar-refractivity contribution < 1.29 is 13.2 Å². The van der Waals surface area contributed by atoms with E-state index in [4.69, 9.17) is 0 Å². The zero-order valence-electron chi connectivity index (χ0n) is 13.7. The van der Waals surface area contributed by atoms with Gasteiger partial charge in [0.05, 0.1) is 4.90 Å². The van der Waals surface area contributed by atoms with Crippen molar-refractivity contribution in [3.8, 4) is 0 Å². The SMILES string of the molecule is C=CCN(Cc1cccs1)S(=O)(=O)c1cc(NC(C)=O)ccc1C. The van der Waals surface area contributed by atoms with E-state index in [1.807, 2.05) is 17.5 Å². The molecule has 0 aliphatic rings. The van der Waals surface area contributed by atoms with E-state index in [9.17, 15) is 13.2 Å². The zero-order chi connectivity index (χ0) is 17.7. The van der Waals surface area contributed by atoms with E-state index in [1.54, 1.807) is 25.1 Å². The van der Waals surface area contributed by atoms with Crippen LogP contribution in [0.25, 0.3) is 0 Å². The summed E-state index contributed by atoms with van der Waals surface area (Å²) < 4.78 is 27.5. The van der Waals surface area contributed by atoms with Crippen LogP contribution in [0.4, 0.5) is 5.69 Å². The van der Waals surface area contributed by atoms with Gasteiger partial charge in [0.1, 0.15) is 0 Å². The number of rotatable bonds is 7. The number of aryl methyl sites for hydroxylation is 1. The van der Waals surface area contributed by atoms with Crippen LogP contribution in [0.2, 0.25) is 0 Å². The van der Waals surface area contributed by atoms with Gasteiger partial charge in [0.25, 0.3) is 0 Å². The summed E-state index contributed by atoms with van der Waals surface area (Å²) in [4.78, 5) is 12.4. The van der Waals surface area contributed by atoms with Gasteiger partial charge in [-0.2, -0.15) is 4.31 Å². The summed E-state index contributed by atoms with van der Waals surface area (Å²) >= 11 is 1.51. The quantitative estimate of drug-likeness (QED) is 0.766. The highest BCUT2D eigenvalue weighted by Gasteiger charge is 2.26. The van der Waals surface area contributed by atoms with E-state index in [0.717, 1.165) is 4.88 Å². The molecule has 1 heterocycles. The molecule has 2 aromatic rings. The minimum Gasteiger partial charge on any atom is -0.326 e. The molecule has 7 heteroatoms. The van der Waals surface area contributed by atoms with E-state index in [0.29, 0.717) is 11.3 Å². The standard InChI is InChI=1S/C17H20N2O3S2/c1-4-9-19(12-16-6-5-10-23-16)24(21,22)17-11-15(18-14(3)20)8-7-13(17)2/h4-8,10-11H,1,9,12H2,2-3H3,(H,18,20). The zero-order valence-corrected chi connectivity index (χ0v) is 15.3. The molecule has 0 atom stereocenters. The Bertz CT molecular complexity index is 828. The van der Waals surface area contributed by atoms with Gasteiger partial charge >= 0.3 is 0 Å².